The fourth-order valence-corrected chi connectivity index (χ4v) is 1.84. The Morgan fingerprint density at radius 2 is 1.89 bits per heavy atom. The highest BCUT2D eigenvalue weighted by atomic mass is 16.3. The number of rotatable bonds is 5. The van der Waals surface area contributed by atoms with Crippen molar-refractivity contribution < 1.29 is 9.90 Å². The van der Waals surface area contributed by atoms with Crippen molar-refractivity contribution in [1.82, 2.24) is 10.2 Å². The molecule has 1 amide bonds. The molecular formula is C15H24N2O2. The smallest absolute Gasteiger partial charge is 0.234 e. The number of benzene rings is 1. The number of aliphatic hydroxyl groups excluding tert-OH is 1. The molecule has 0 spiro atoms. The van der Waals surface area contributed by atoms with E-state index in [1.807, 2.05) is 63.1 Å². The maximum Gasteiger partial charge on any atom is 0.234 e. The maximum atomic E-state index is 11.8. The molecule has 0 aliphatic heterocycles. The van der Waals surface area contributed by atoms with Crippen LogP contribution in [0.25, 0.3) is 0 Å². The summed E-state index contributed by atoms with van der Waals surface area (Å²) in [6.45, 7) is 6.56. The van der Waals surface area contributed by atoms with Gasteiger partial charge in [0.1, 0.15) is 0 Å². The van der Waals surface area contributed by atoms with Crippen LogP contribution in [0, 0.1) is 0 Å². The Hall–Kier alpha value is -1.39. The summed E-state index contributed by atoms with van der Waals surface area (Å²) in [5.74, 6) is -0.0322. The lowest BCUT2D eigenvalue weighted by molar-refractivity contribution is -0.123. The first-order valence-electron chi connectivity index (χ1n) is 6.50. The minimum Gasteiger partial charge on any atom is -0.387 e. The van der Waals surface area contributed by atoms with Crippen molar-refractivity contribution in [3.8, 4) is 0 Å². The molecule has 4 nitrogen and oxygen atoms in total. The number of hydrogen-bond acceptors (Lipinski definition) is 3. The van der Waals surface area contributed by atoms with E-state index in [0.717, 1.165) is 5.56 Å². The van der Waals surface area contributed by atoms with E-state index in [4.69, 9.17) is 0 Å². The molecule has 1 unspecified atom stereocenters. The second-order valence-corrected chi connectivity index (χ2v) is 5.92. The second kappa shape index (κ2) is 6.68. The van der Waals surface area contributed by atoms with Gasteiger partial charge in [-0.15, -0.1) is 0 Å². The molecule has 1 rings (SSSR count). The zero-order valence-corrected chi connectivity index (χ0v) is 12.2. The summed E-state index contributed by atoms with van der Waals surface area (Å²) in [5.41, 5.74) is 0.640. The Morgan fingerprint density at radius 1 is 1.32 bits per heavy atom. The lowest BCUT2D eigenvalue weighted by Crippen LogP contribution is -2.45. The average Bonchev–Trinajstić information content (AvgIpc) is 2.27. The maximum absolute atomic E-state index is 11.8. The third-order valence-corrected chi connectivity index (χ3v) is 2.60. The van der Waals surface area contributed by atoms with Gasteiger partial charge in [-0.2, -0.15) is 0 Å². The van der Waals surface area contributed by atoms with Gasteiger partial charge in [0.25, 0.3) is 0 Å². The van der Waals surface area contributed by atoms with Crippen LogP contribution in [0.15, 0.2) is 30.3 Å². The second-order valence-electron chi connectivity index (χ2n) is 5.92. The van der Waals surface area contributed by atoms with E-state index in [0.29, 0.717) is 6.54 Å². The van der Waals surface area contributed by atoms with E-state index in [9.17, 15) is 9.90 Å². The SMILES string of the molecule is CN(CC(=O)NC(C)(C)C)CC(O)c1ccccc1. The molecule has 0 aliphatic rings. The van der Waals surface area contributed by atoms with Crippen LogP contribution in [0.4, 0.5) is 0 Å². The molecule has 0 aliphatic carbocycles. The van der Waals surface area contributed by atoms with Crippen molar-refractivity contribution in [3.63, 3.8) is 0 Å². The third-order valence-electron chi connectivity index (χ3n) is 2.60. The van der Waals surface area contributed by atoms with Crippen LogP contribution in [-0.4, -0.2) is 41.6 Å². The van der Waals surface area contributed by atoms with Crippen LogP contribution < -0.4 is 5.32 Å². The van der Waals surface area contributed by atoms with Gasteiger partial charge < -0.3 is 10.4 Å². The molecule has 0 bridgehead atoms. The summed E-state index contributed by atoms with van der Waals surface area (Å²) < 4.78 is 0. The Balaban J connectivity index is 2.43. The van der Waals surface area contributed by atoms with Gasteiger partial charge in [-0.05, 0) is 33.4 Å². The Morgan fingerprint density at radius 3 is 2.42 bits per heavy atom. The molecule has 0 saturated heterocycles. The van der Waals surface area contributed by atoms with Crippen LogP contribution in [-0.2, 0) is 4.79 Å². The predicted octanol–water partition coefficient (Wildman–Crippen LogP) is 1.57. The van der Waals surface area contributed by atoms with Crippen molar-refractivity contribution in [2.75, 3.05) is 20.1 Å². The normalized spacial score (nSPS) is 13.4. The molecule has 19 heavy (non-hydrogen) atoms. The number of carbonyl (C=O) groups excluding carboxylic acids is 1. The van der Waals surface area contributed by atoms with Gasteiger partial charge in [-0.1, -0.05) is 30.3 Å². The Labute approximate surface area is 115 Å². The van der Waals surface area contributed by atoms with Crippen LogP contribution in [0.1, 0.15) is 32.4 Å². The molecule has 0 saturated carbocycles. The first kappa shape index (κ1) is 15.7. The van der Waals surface area contributed by atoms with E-state index in [1.165, 1.54) is 0 Å². The molecule has 1 aromatic carbocycles. The van der Waals surface area contributed by atoms with Gasteiger partial charge in [0.05, 0.1) is 12.6 Å². The largest absolute Gasteiger partial charge is 0.387 e. The summed E-state index contributed by atoms with van der Waals surface area (Å²) in [4.78, 5) is 13.6. The molecule has 2 N–H and O–H groups in total. The number of amides is 1. The first-order valence-corrected chi connectivity index (χ1v) is 6.50. The Kier molecular flexibility index (Phi) is 5.51. The van der Waals surface area contributed by atoms with E-state index >= 15 is 0 Å². The summed E-state index contributed by atoms with van der Waals surface area (Å²) >= 11 is 0. The summed E-state index contributed by atoms with van der Waals surface area (Å²) in [5, 5.41) is 13.0. The van der Waals surface area contributed by atoms with Gasteiger partial charge in [-0.25, -0.2) is 0 Å². The molecule has 4 heteroatoms. The summed E-state index contributed by atoms with van der Waals surface area (Å²) in [6.07, 6.45) is -0.575. The highest BCUT2D eigenvalue weighted by Crippen LogP contribution is 2.12. The van der Waals surface area contributed by atoms with Crippen LogP contribution in [0.2, 0.25) is 0 Å². The fraction of sp³-hybridized carbons (Fsp3) is 0.533. The molecule has 0 heterocycles. The quantitative estimate of drug-likeness (QED) is 0.848. The van der Waals surface area contributed by atoms with Gasteiger partial charge in [-0.3, -0.25) is 9.69 Å². The zero-order valence-electron chi connectivity index (χ0n) is 12.2. The molecule has 0 radical (unpaired) electrons. The van der Waals surface area contributed by atoms with E-state index in [2.05, 4.69) is 5.32 Å². The van der Waals surface area contributed by atoms with Crippen LogP contribution >= 0.6 is 0 Å². The minimum atomic E-state index is -0.575. The van der Waals surface area contributed by atoms with Crippen molar-refractivity contribution >= 4 is 5.91 Å². The van der Waals surface area contributed by atoms with Crippen molar-refractivity contribution in [3.05, 3.63) is 35.9 Å². The summed E-state index contributed by atoms with van der Waals surface area (Å²) in [6, 6.07) is 9.47. The molecular weight excluding hydrogens is 240 g/mol. The van der Waals surface area contributed by atoms with E-state index in [1.54, 1.807) is 0 Å². The first-order chi connectivity index (χ1) is 8.78. The topological polar surface area (TPSA) is 52.6 Å². The van der Waals surface area contributed by atoms with Crippen molar-refractivity contribution in [2.24, 2.45) is 0 Å². The number of aliphatic hydroxyl groups is 1. The lowest BCUT2D eigenvalue weighted by atomic mass is 10.1. The number of likely N-dealkylation sites (N-methyl/N-ethyl adjacent to an activating group) is 1. The molecule has 1 aromatic rings. The standard InChI is InChI=1S/C15H24N2O2/c1-15(2,3)16-14(19)11-17(4)10-13(18)12-8-6-5-7-9-12/h5-9,13,18H,10-11H2,1-4H3,(H,16,19). The predicted molar refractivity (Wildman–Crippen MR) is 76.8 cm³/mol. The van der Waals surface area contributed by atoms with E-state index in [-0.39, 0.29) is 18.0 Å². The highest BCUT2D eigenvalue weighted by Gasteiger charge is 2.17. The van der Waals surface area contributed by atoms with Gasteiger partial charge in [0, 0.05) is 12.1 Å². The van der Waals surface area contributed by atoms with Crippen molar-refractivity contribution in [2.45, 2.75) is 32.4 Å². The third kappa shape index (κ3) is 6.36. The average molecular weight is 264 g/mol. The molecule has 0 aromatic heterocycles. The van der Waals surface area contributed by atoms with Gasteiger partial charge in [0.15, 0.2) is 0 Å². The molecule has 106 valence electrons. The van der Waals surface area contributed by atoms with E-state index < -0.39 is 6.10 Å². The fourth-order valence-electron chi connectivity index (χ4n) is 1.84. The van der Waals surface area contributed by atoms with Crippen LogP contribution in [0.3, 0.4) is 0 Å². The van der Waals surface area contributed by atoms with Gasteiger partial charge >= 0.3 is 0 Å². The number of hydrogen-bond donors (Lipinski definition) is 2. The zero-order chi connectivity index (χ0) is 14.5. The lowest BCUT2D eigenvalue weighted by Gasteiger charge is -2.24. The van der Waals surface area contributed by atoms with Crippen LogP contribution in [0.5, 0.6) is 0 Å². The van der Waals surface area contributed by atoms with Crippen molar-refractivity contribution in [1.29, 1.82) is 0 Å². The minimum absolute atomic E-state index is 0.0322. The monoisotopic (exact) mass is 264 g/mol. The highest BCUT2D eigenvalue weighted by molar-refractivity contribution is 5.78. The number of nitrogens with zero attached hydrogens (tertiary/aromatic N) is 1. The number of nitrogens with one attached hydrogen (secondary N) is 1. The van der Waals surface area contributed by atoms with Gasteiger partial charge in [0.2, 0.25) is 5.91 Å². The summed E-state index contributed by atoms with van der Waals surface area (Å²) in [7, 11) is 1.83. The molecule has 0 fully saturated rings. The molecule has 1 atom stereocenters. The number of carbonyl (C=O) groups is 1. The Bertz CT molecular complexity index is 398.